The number of esters is 1. The topological polar surface area (TPSA) is 86.3 Å². The van der Waals surface area contributed by atoms with Gasteiger partial charge in [0.25, 0.3) is 0 Å². The summed E-state index contributed by atoms with van der Waals surface area (Å²) in [6.07, 6.45) is 0. The lowest BCUT2D eigenvalue weighted by Gasteiger charge is -2.35. The summed E-state index contributed by atoms with van der Waals surface area (Å²) in [5, 5.41) is 2.87. The number of rotatable bonds is 7. The molecule has 1 N–H and O–H groups in total. The van der Waals surface area contributed by atoms with Crippen molar-refractivity contribution in [2.75, 3.05) is 34.5 Å². The minimum Gasteiger partial charge on any atom is -0.493 e. The maximum atomic E-state index is 12.6. The fourth-order valence-electron chi connectivity index (χ4n) is 3.15. The summed E-state index contributed by atoms with van der Waals surface area (Å²) in [6, 6.07) is 2.43. The van der Waals surface area contributed by atoms with Crippen LogP contribution in [0, 0.1) is 0 Å². The van der Waals surface area contributed by atoms with E-state index >= 15 is 0 Å². The van der Waals surface area contributed by atoms with Gasteiger partial charge in [0.15, 0.2) is 11.5 Å². The highest BCUT2D eigenvalue weighted by Gasteiger charge is 2.36. The van der Waals surface area contributed by atoms with Gasteiger partial charge in [-0.1, -0.05) is 0 Å². The van der Waals surface area contributed by atoms with Crippen LogP contribution in [0.3, 0.4) is 0 Å². The average molecular weight is 378 g/mol. The largest absolute Gasteiger partial charge is 0.493 e. The zero-order chi connectivity index (χ0) is 20.1. The highest BCUT2D eigenvalue weighted by Crippen LogP contribution is 2.42. The van der Waals surface area contributed by atoms with Gasteiger partial charge in [0.05, 0.1) is 39.6 Å². The summed E-state index contributed by atoms with van der Waals surface area (Å²) in [6.45, 7) is 5.98. The number of carbonyl (C=O) groups excluding carboxylic acids is 2. The van der Waals surface area contributed by atoms with Crippen LogP contribution in [0.5, 0.6) is 17.2 Å². The number of nitrogens with zero attached hydrogens (tertiary/aromatic N) is 1. The van der Waals surface area contributed by atoms with Gasteiger partial charge < -0.3 is 24.3 Å². The lowest BCUT2D eigenvalue weighted by atomic mass is 9.94. The lowest BCUT2D eigenvalue weighted by molar-refractivity contribution is -0.139. The zero-order valence-corrected chi connectivity index (χ0v) is 16.5. The molecule has 1 heterocycles. The van der Waals surface area contributed by atoms with Gasteiger partial charge in [0, 0.05) is 12.2 Å². The first-order valence-electron chi connectivity index (χ1n) is 8.69. The molecule has 0 bridgehead atoms. The van der Waals surface area contributed by atoms with Gasteiger partial charge in [-0.3, -0.25) is 4.90 Å². The molecule has 0 aliphatic carbocycles. The van der Waals surface area contributed by atoms with Crippen LogP contribution in [0.15, 0.2) is 23.4 Å². The molecule has 1 atom stereocenters. The minimum absolute atomic E-state index is 0.234. The summed E-state index contributed by atoms with van der Waals surface area (Å²) in [4.78, 5) is 26.7. The number of hydrogen-bond acceptors (Lipinski definition) is 6. The van der Waals surface area contributed by atoms with E-state index < -0.39 is 12.0 Å². The predicted octanol–water partition coefficient (Wildman–Crippen LogP) is 2.64. The molecule has 8 nitrogen and oxygen atoms in total. The normalized spacial score (nSPS) is 16.7. The third-order valence-electron chi connectivity index (χ3n) is 4.43. The summed E-state index contributed by atoms with van der Waals surface area (Å²) in [5.74, 6) is 0.812. The zero-order valence-electron chi connectivity index (χ0n) is 16.5. The van der Waals surface area contributed by atoms with Crippen molar-refractivity contribution in [3.05, 3.63) is 29.0 Å². The van der Waals surface area contributed by atoms with Gasteiger partial charge in [-0.2, -0.15) is 0 Å². The first kappa shape index (κ1) is 20.4. The Morgan fingerprint density at radius 2 is 1.70 bits per heavy atom. The number of allylic oxidation sites excluding steroid dienone is 1. The molecular formula is C19H26N2O6. The van der Waals surface area contributed by atoms with Crippen molar-refractivity contribution >= 4 is 12.0 Å². The van der Waals surface area contributed by atoms with Crippen LogP contribution in [-0.2, 0) is 9.53 Å². The van der Waals surface area contributed by atoms with Crippen LogP contribution in [0.4, 0.5) is 4.79 Å². The fourth-order valence-corrected chi connectivity index (χ4v) is 3.15. The number of carbonyl (C=O) groups is 2. The van der Waals surface area contributed by atoms with Crippen LogP contribution < -0.4 is 19.5 Å². The molecule has 0 spiro atoms. The number of benzene rings is 1. The first-order valence-corrected chi connectivity index (χ1v) is 8.69. The van der Waals surface area contributed by atoms with Crippen molar-refractivity contribution < 1.29 is 28.5 Å². The van der Waals surface area contributed by atoms with E-state index in [1.165, 1.54) is 26.2 Å². The number of ether oxygens (including phenoxy) is 4. The van der Waals surface area contributed by atoms with Crippen LogP contribution in [0.1, 0.15) is 32.4 Å². The molecule has 0 radical (unpaired) electrons. The molecule has 2 rings (SSSR count). The maximum absolute atomic E-state index is 12.6. The number of amides is 2. The SMILES string of the molecule is CCOC(=O)C1=C(C)N(CC)C(=O)N[C@@H]1c1cc(OC)c(OC)c(OC)c1. The lowest BCUT2D eigenvalue weighted by Crippen LogP contribution is -2.47. The molecule has 8 heteroatoms. The Morgan fingerprint density at radius 3 is 2.15 bits per heavy atom. The molecule has 0 unspecified atom stereocenters. The molecule has 0 aromatic heterocycles. The van der Waals surface area contributed by atoms with E-state index in [0.717, 1.165) is 0 Å². The highest BCUT2D eigenvalue weighted by molar-refractivity contribution is 5.95. The molecule has 2 amide bonds. The van der Waals surface area contributed by atoms with Crippen LogP contribution in [0.2, 0.25) is 0 Å². The molecule has 0 saturated heterocycles. The Balaban J connectivity index is 2.65. The first-order chi connectivity index (χ1) is 12.9. The van der Waals surface area contributed by atoms with E-state index in [1.54, 1.807) is 26.0 Å². The van der Waals surface area contributed by atoms with E-state index in [4.69, 9.17) is 18.9 Å². The number of methoxy groups -OCH3 is 3. The molecule has 1 aromatic carbocycles. The Kier molecular flexibility index (Phi) is 6.55. The smallest absolute Gasteiger partial charge is 0.338 e. The van der Waals surface area contributed by atoms with Crippen LogP contribution in [0.25, 0.3) is 0 Å². The molecular weight excluding hydrogens is 352 g/mol. The van der Waals surface area contributed by atoms with Gasteiger partial charge >= 0.3 is 12.0 Å². The summed E-state index contributed by atoms with van der Waals surface area (Å²) >= 11 is 0. The van der Waals surface area contributed by atoms with Gasteiger partial charge in [-0.05, 0) is 38.5 Å². The van der Waals surface area contributed by atoms with Crippen molar-refractivity contribution in [2.45, 2.75) is 26.8 Å². The van der Waals surface area contributed by atoms with Crippen molar-refractivity contribution in [2.24, 2.45) is 0 Å². The fraction of sp³-hybridized carbons (Fsp3) is 0.474. The minimum atomic E-state index is -0.701. The monoisotopic (exact) mass is 378 g/mol. The molecule has 148 valence electrons. The molecule has 1 aromatic rings. The van der Waals surface area contributed by atoms with E-state index in [-0.39, 0.29) is 12.6 Å². The van der Waals surface area contributed by atoms with E-state index in [2.05, 4.69) is 5.32 Å². The molecule has 27 heavy (non-hydrogen) atoms. The van der Waals surface area contributed by atoms with E-state index in [1.807, 2.05) is 6.92 Å². The molecule has 1 aliphatic heterocycles. The van der Waals surface area contributed by atoms with Crippen molar-refractivity contribution in [3.8, 4) is 17.2 Å². The maximum Gasteiger partial charge on any atom is 0.338 e. The summed E-state index contributed by atoms with van der Waals surface area (Å²) in [7, 11) is 4.52. The number of hydrogen-bond donors (Lipinski definition) is 1. The average Bonchev–Trinajstić information content (AvgIpc) is 2.66. The van der Waals surface area contributed by atoms with E-state index in [9.17, 15) is 9.59 Å². The third kappa shape index (κ3) is 3.79. The second kappa shape index (κ2) is 8.66. The summed E-state index contributed by atoms with van der Waals surface area (Å²) in [5.41, 5.74) is 1.54. The molecule has 0 fully saturated rings. The van der Waals surface area contributed by atoms with Crippen molar-refractivity contribution in [1.82, 2.24) is 10.2 Å². The molecule has 1 aliphatic rings. The molecule has 0 saturated carbocycles. The van der Waals surface area contributed by atoms with Crippen LogP contribution in [-0.4, -0.2) is 51.4 Å². The van der Waals surface area contributed by atoms with Gasteiger partial charge in [-0.15, -0.1) is 0 Å². The Hall–Kier alpha value is -2.90. The number of urea groups is 1. The second-order valence-electron chi connectivity index (χ2n) is 5.80. The Morgan fingerprint density at radius 1 is 1.11 bits per heavy atom. The standard InChI is InChI=1S/C19H26N2O6/c1-7-21-11(3)15(18(22)27-8-2)16(20-19(21)23)12-9-13(24-4)17(26-6)14(10-12)25-5/h9-10,16H,7-8H2,1-6H3,(H,20,23)/t16-/m1/s1. The Labute approximate surface area is 159 Å². The van der Waals surface area contributed by atoms with Gasteiger partial charge in [0.1, 0.15) is 0 Å². The van der Waals surface area contributed by atoms with Gasteiger partial charge in [-0.25, -0.2) is 9.59 Å². The second-order valence-corrected chi connectivity index (χ2v) is 5.80. The van der Waals surface area contributed by atoms with Crippen molar-refractivity contribution in [1.29, 1.82) is 0 Å². The summed E-state index contributed by atoms with van der Waals surface area (Å²) < 4.78 is 21.3. The van der Waals surface area contributed by atoms with Crippen molar-refractivity contribution in [3.63, 3.8) is 0 Å². The third-order valence-corrected chi connectivity index (χ3v) is 4.43. The number of nitrogens with one attached hydrogen (secondary N) is 1. The quantitative estimate of drug-likeness (QED) is 0.734. The van der Waals surface area contributed by atoms with Crippen LogP contribution >= 0.6 is 0 Å². The van der Waals surface area contributed by atoms with E-state index in [0.29, 0.717) is 40.6 Å². The Bertz CT molecular complexity index is 734. The van der Waals surface area contributed by atoms with Gasteiger partial charge in [0.2, 0.25) is 5.75 Å². The highest BCUT2D eigenvalue weighted by atomic mass is 16.5. The predicted molar refractivity (Wildman–Crippen MR) is 99.1 cm³/mol.